The fraction of sp³-hybridized carbons (Fsp3) is 0.562. The number of halogens is 4. The van der Waals surface area contributed by atoms with Crippen molar-refractivity contribution in [1.29, 1.82) is 0 Å². The van der Waals surface area contributed by atoms with Gasteiger partial charge in [-0.1, -0.05) is 0 Å². The first-order chi connectivity index (χ1) is 10.5. The average Bonchev–Trinajstić information content (AvgIpc) is 3.28. The minimum atomic E-state index is -1.14. The Bertz CT molecular complexity index is 549. The van der Waals surface area contributed by atoms with E-state index >= 15 is 0 Å². The highest BCUT2D eigenvalue weighted by atomic mass is 35.5. The van der Waals surface area contributed by atoms with Crippen LogP contribution in [0.25, 0.3) is 0 Å². The largest absolute Gasteiger partial charge is 0.338 e. The second kappa shape index (κ2) is 7.53. The molecule has 1 amide bonds. The first-order valence-corrected chi connectivity index (χ1v) is 7.72. The highest BCUT2D eigenvalue weighted by Gasteiger charge is 2.29. The van der Waals surface area contributed by atoms with Gasteiger partial charge in [0.2, 0.25) is 0 Å². The van der Waals surface area contributed by atoms with Gasteiger partial charge in [-0.05, 0) is 38.1 Å². The normalized spacial score (nSPS) is 18.7. The first kappa shape index (κ1) is 18.1. The molecule has 2 aliphatic rings. The highest BCUT2D eigenvalue weighted by Crippen LogP contribution is 2.28. The van der Waals surface area contributed by atoms with Crippen molar-refractivity contribution in [2.45, 2.75) is 31.7 Å². The van der Waals surface area contributed by atoms with Crippen LogP contribution in [0.1, 0.15) is 36.0 Å². The molecule has 1 aromatic carbocycles. The summed E-state index contributed by atoms with van der Waals surface area (Å²) in [5, 5.41) is 3.48. The van der Waals surface area contributed by atoms with E-state index in [2.05, 4.69) is 5.32 Å². The fourth-order valence-electron chi connectivity index (χ4n) is 2.85. The molecule has 0 bridgehead atoms. The minimum Gasteiger partial charge on any atom is -0.338 e. The third-order valence-electron chi connectivity index (χ3n) is 4.40. The number of hydrogen-bond acceptors (Lipinski definition) is 2. The molecule has 128 valence electrons. The molecule has 2 fully saturated rings. The van der Waals surface area contributed by atoms with Crippen LogP contribution in [-0.2, 0) is 0 Å². The molecule has 0 spiro atoms. The molecule has 1 N–H and O–H groups in total. The zero-order chi connectivity index (χ0) is 15.7. The van der Waals surface area contributed by atoms with Crippen LogP contribution in [0.2, 0.25) is 0 Å². The number of carbonyl (C=O) groups is 1. The van der Waals surface area contributed by atoms with E-state index in [1.54, 1.807) is 0 Å². The maximum Gasteiger partial charge on any atom is 0.259 e. The van der Waals surface area contributed by atoms with Gasteiger partial charge in [-0.25, -0.2) is 13.2 Å². The van der Waals surface area contributed by atoms with Gasteiger partial charge in [-0.2, -0.15) is 0 Å². The highest BCUT2D eigenvalue weighted by molar-refractivity contribution is 5.94. The standard InChI is InChI=1S/C16H19F3N2O.ClH/c17-11-7-13(18)15(14(19)8-11)16(22)21-5-3-12(4-6-21)20-9-10-1-2-10;/h7-8,10,12,20H,1-6,9H2;1H. The molecular formula is C16H20ClF3N2O. The van der Waals surface area contributed by atoms with Crippen molar-refractivity contribution in [3.63, 3.8) is 0 Å². The van der Waals surface area contributed by atoms with Crippen molar-refractivity contribution in [1.82, 2.24) is 10.2 Å². The van der Waals surface area contributed by atoms with Crippen LogP contribution in [0.3, 0.4) is 0 Å². The average molecular weight is 349 g/mol. The van der Waals surface area contributed by atoms with E-state index in [0.29, 0.717) is 31.3 Å². The molecule has 3 nitrogen and oxygen atoms in total. The Balaban J connectivity index is 0.00000192. The lowest BCUT2D eigenvalue weighted by Gasteiger charge is -2.32. The molecule has 1 saturated heterocycles. The number of likely N-dealkylation sites (tertiary alicyclic amines) is 1. The van der Waals surface area contributed by atoms with Crippen LogP contribution in [0, 0.1) is 23.4 Å². The number of nitrogens with zero attached hydrogens (tertiary/aromatic N) is 1. The van der Waals surface area contributed by atoms with E-state index in [1.165, 1.54) is 17.7 Å². The lowest BCUT2D eigenvalue weighted by molar-refractivity contribution is 0.0695. The van der Waals surface area contributed by atoms with E-state index in [4.69, 9.17) is 0 Å². The van der Waals surface area contributed by atoms with Crippen LogP contribution < -0.4 is 5.32 Å². The number of piperidine rings is 1. The second-order valence-electron chi connectivity index (χ2n) is 6.16. The molecule has 0 unspecified atom stereocenters. The van der Waals surface area contributed by atoms with Gasteiger partial charge >= 0.3 is 0 Å². The summed E-state index contributed by atoms with van der Waals surface area (Å²) in [7, 11) is 0. The summed E-state index contributed by atoms with van der Waals surface area (Å²) in [5.74, 6) is -3.21. The Morgan fingerprint density at radius 3 is 2.17 bits per heavy atom. The van der Waals surface area contributed by atoms with Crippen molar-refractivity contribution < 1.29 is 18.0 Å². The maximum absolute atomic E-state index is 13.7. The quantitative estimate of drug-likeness (QED) is 0.906. The molecule has 0 atom stereocenters. The summed E-state index contributed by atoms with van der Waals surface area (Å²) in [6.45, 7) is 1.93. The zero-order valence-electron chi connectivity index (χ0n) is 12.7. The van der Waals surface area contributed by atoms with E-state index in [-0.39, 0.29) is 12.4 Å². The Labute approximate surface area is 139 Å². The maximum atomic E-state index is 13.7. The van der Waals surface area contributed by atoms with Gasteiger partial charge in [-0.3, -0.25) is 4.79 Å². The van der Waals surface area contributed by atoms with Gasteiger partial charge < -0.3 is 10.2 Å². The van der Waals surface area contributed by atoms with Crippen LogP contribution in [0.15, 0.2) is 12.1 Å². The van der Waals surface area contributed by atoms with Crippen LogP contribution in [0.4, 0.5) is 13.2 Å². The molecule has 0 aromatic heterocycles. The Hall–Kier alpha value is -1.27. The van der Waals surface area contributed by atoms with Crippen molar-refractivity contribution in [3.05, 3.63) is 35.1 Å². The van der Waals surface area contributed by atoms with E-state index in [9.17, 15) is 18.0 Å². The molecule has 1 aliphatic heterocycles. The van der Waals surface area contributed by atoms with E-state index in [1.807, 2.05) is 0 Å². The molecule has 7 heteroatoms. The molecule has 1 heterocycles. The Morgan fingerprint density at radius 2 is 1.65 bits per heavy atom. The first-order valence-electron chi connectivity index (χ1n) is 7.72. The number of rotatable bonds is 4. The number of benzene rings is 1. The lowest BCUT2D eigenvalue weighted by atomic mass is 10.0. The van der Waals surface area contributed by atoms with Crippen LogP contribution in [-0.4, -0.2) is 36.5 Å². The molecule has 23 heavy (non-hydrogen) atoms. The number of carbonyl (C=O) groups excluding carboxylic acids is 1. The van der Waals surface area contributed by atoms with Crippen molar-refractivity contribution in [2.75, 3.05) is 19.6 Å². The molecular weight excluding hydrogens is 329 g/mol. The van der Waals surface area contributed by atoms with Gasteiger partial charge in [-0.15, -0.1) is 12.4 Å². The third kappa shape index (κ3) is 4.38. The lowest BCUT2D eigenvalue weighted by Crippen LogP contribution is -2.45. The topological polar surface area (TPSA) is 32.3 Å². The monoisotopic (exact) mass is 348 g/mol. The number of nitrogens with one attached hydrogen (secondary N) is 1. The van der Waals surface area contributed by atoms with Crippen molar-refractivity contribution in [3.8, 4) is 0 Å². The molecule has 1 aliphatic carbocycles. The molecule has 3 rings (SSSR count). The SMILES string of the molecule is Cl.O=C(c1c(F)cc(F)cc1F)N1CCC(NCC2CC2)CC1. The van der Waals surface area contributed by atoms with Crippen molar-refractivity contribution >= 4 is 18.3 Å². The molecule has 1 saturated carbocycles. The van der Waals surface area contributed by atoms with Gasteiger partial charge in [0.05, 0.1) is 0 Å². The second-order valence-corrected chi connectivity index (χ2v) is 6.16. The summed E-state index contributed by atoms with van der Waals surface area (Å²) in [4.78, 5) is 13.7. The summed E-state index contributed by atoms with van der Waals surface area (Å²) in [5.41, 5.74) is -0.661. The van der Waals surface area contributed by atoms with Crippen molar-refractivity contribution in [2.24, 2.45) is 5.92 Å². The van der Waals surface area contributed by atoms with E-state index in [0.717, 1.165) is 25.3 Å². The van der Waals surface area contributed by atoms with Gasteiger partial charge in [0.15, 0.2) is 0 Å². The zero-order valence-corrected chi connectivity index (χ0v) is 13.5. The predicted molar refractivity (Wildman–Crippen MR) is 83.2 cm³/mol. The van der Waals surface area contributed by atoms with Crippen LogP contribution in [0.5, 0.6) is 0 Å². The molecule has 0 radical (unpaired) electrons. The summed E-state index contributed by atoms with van der Waals surface area (Å²) in [6, 6.07) is 1.44. The summed E-state index contributed by atoms with van der Waals surface area (Å²) >= 11 is 0. The smallest absolute Gasteiger partial charge is 0.259 e. The Kier molecular flexibility index (Phi) is 5.92. The third-order valence-corrected chi connectivity index (χ3v) is 4.40. The van der Waals surface area contributed by atoms with E-state index < -0.39 is 28.9 Å². The van der Waals surface area contributed by atoms with Gasteiger partial charge in [0.1, 0.15) is 23.0 Å². The summed E-state index contributed by atoms with van der Waals surface area (Å²) < 4.78 is 40.2. The van der Waals surface area contributed by atoms with Gasteiger partial charge in [0.25, 0.3) is 5.91 Å². The van der Waals surface area contributed by atoms with Gasteiger partial charge in [0, 0.05) is 31.3 Å². The van der Waals surface area contributed by atoms with Crippen LogP contribution >= 0.6 is 12.4 Å². The minimum absolute atomic E-state index is 0. The number of amides is 1. The Morgan fingerprint density at radius 1 is 1.09 bits per heavy atom. The summed E-state index contributed by atoms with van der Waals surface area (Å²) in [6.07, 6.45) is 4.10. The fourth-order valence-corrected chi connectivity index (χ4v) is 2.85. The predicted octanol–water partition coefficient (Wildman–Crippen LogP) is 3.13. The number of hydrogen-bond donors (Lipinski definition) is 1. The molecule has 1 aromatic rings.